The van der Waals surface area contributed by atoms with Gasteiger partial charge in [0.25, 0.3) is 0 Å². The van der Waals surface area contributed by atoms with Gasteiger partial charge in [-0.15, -0.1) is 0 Å². The summed E-state index contributed by atoms with van der Waals surface area (Å²) in [5.41, 5.74) is 6.98. The molecule has 3 aromatic carbocycles. The van der Waals surface area contributed by atoms with Crippen LogP contribution in [0.3, 0.4) is 0 Å². The van der Waals surface area contributed by atoms with Crippen LogP contribution in [0.4, 0.5) is 0 Å². The fourth-order valence-corrected chi connectivity index (χ4v) is 4.14. The van der Waals surface area contributed by atoms with Crippen molar-refractivity contribution in [1.82, 2.24) is 9.97 Å². The van der Waals surface area contributed by atoms with E-state index in [9.17, 15) is 0 Å². The first-order valence-electron chi connectivity index (χ1n) is 8.77. The highest BCUT2D eigenvalue weighted by Gasteiger charge is 2.22. The van der Waals surface area contributed by atoms with E-state index < -0.39 is 0 Å². The lowest BCUT2D eigenvalue weighted by Crippen LogP contribution is -1.89. The second-order valence-electron chi connectivity index (χ2n) is 6.70. The molecule has 26 heavy (non-hydrogen) atoms. The molecule has 0 fully saturated rings. The summed E-state index contributed by atoms with van der Waals surface area (Å²) in [5.74, 6) is 0. The molecular weight excluding hydrogens is 316 g/mol. The Balaban J connectivity index is 1.65. The average Bonchev–Trinajstić information content (AvgIpc) is 3.03. The molecule has 1 aliphatic rings. The van der Waals surface area contributed by atoms with Crippen LogP contribution < -0.4 is 0 Å². The third-order valence-electron chi connectivity index (χ3n) is 5.30. The maximum Gasteiger partial charge on any atom is 0.0794 e. The first kappa shape index (κ1) is 13.7. The van der Waals surface area contributed by atoms with E-state index in [0.29, 0.717) is 0 Å². The summed E-state index contributed by atoms with van der Waals surface area (Å²) < 4.78 is 0. The van der Waals surface area contributed by atoms with Crippen molar-refractivity contribution >= 4 is 21.5 Å². The van der Waals surface area contributed by atoms with Crippen molar-refractivity contribution in [3.63, 3.8) is 0 Å². The topological polar surface area (TPSA) is 25.8 Å². The Bertz CT molecular complexity index is 1320. The van der Waals surface area contributed by atoms with Gasteiger partial charge in [0.2, 0.25) is 0 Å². The summed E-state index contributed by atoms with van der Waals surface area (Å²) in [4.78, 5) is 9.33. The van der Waals surface area contributed by atoms with Crippen LogP contribution in [0.5, 0.6) is 0 Å². The number of aromatic nitrogens is 2. The molecule has 0 aliphatic heterocycles. The van der Waals surface area contributed by atoms with Gasteiger partial charge in [-0.25, -0.2) is 4.98 Å². The molecule has 0 atom stereocenters. The molecule has 5 aromatic rings. The van der Waals surface area contributed by atoms with E-state index in [1.807, 2.05) is 12.4 Å². The zero-order chi connectivity index (χ0) is 17.1. The van der Waals surface area contributed by atoms with Crippen LogP contribution in [0.1, 0.15) is 0 Å². The van der Waals surface area contributed by atoms with Crippen LogP contribution in [0.25, 0.3) is 55.2 Å². The predicted molar refractivity (Wildman–Crippen MR) is 107 cm³/mol. The summed E-state index contributed by atoms with van der Waals surface area (Å²) >= 11 is 0. The molecule has 0 saturated heterocycles. The minimum absolute atomic E-state index is 1.00. The first-order valence-corrected chi connectivity index (χ1v) is 8.77. The molecule has 2 heterocycles. The number of hydrogen-bond acceptors (Lipinski definition) is 2. The van der Waals surface area contributed by atoms with Gasteiger partial charge in [0.15, 0.2) is 0 Å². The molecule has 0 radical (unpaired) electrons. The Hall–Kier alpha value is -3.52. The van der Waals surface area contributed by atoms with Gasteiger partial charge in [0.1, 0.15) is 0 Å². The maximum atomic E-state index is 5.09. The quantitative estimate of drug-likeness (QED) is 0.364. The highest BCUT2D eigenvalue weighted by Crippen LogP contribution is 2.46. The largest absolute Gasteiger partial charge is 0.264 e. The third-order valence-corrected chi connectivity index (χ3v) is 5.30. The molecule has 120 valence electrons. The smallest absolute Gasteiger partial charge is 0.0794 e. The summed E-state index contributed by atoms with van der Waals surface area (Å²) in [6.07, 6.45) is 3.75. The van der Waals surface area contributed by atoms with Gasteiger partial charge in [0.05, 0.1) is 11.4 Å². The molecule has 0 spiro atoms. The summed E-state index contributed by atoms with van der Waals surface area (Å²) in [7, 11) is 0. The van der Waals surface area contributed by atoms with Crippen molar-refractivity contribution in [2.75, 3.05) is 0 Å². The lowest BCUT2D eigenvalue weighted by molar-refractivity contribution is 1.34. The summed E-state index contributed by atoms with van der Waals surface area (Å²) in [6.45, 7) is 0. The third kappa shape index (κ3) is 1.76. The number of benzene rings is 3. The minimum atomic E-state index is 1.00. The number of nitrogens with zero attached hydrogens (tertiary/aromatic N) is 2. The van der Waals surface area contributed by atoms with E-state index in [0.717, 1.165) is 22.3 Å². The van der Waals surface area contributed by atoms with E-state index in [1.165, 1.54) is 32.8 Å². The van der Waals surface area contributed by atoms with Crippen LogP contribution in [0.15, 0.2) is 85.2 Å². The Labute approximate surface area is 150 Å². The predicted octanol–water partition coefficient (Wildman–Crippen LogP) is 6.10. The van der Waals surface area contributed by atoms with Gasteiger partial charge in [-0.3, -0.25) is 4.98 Å². The average molecular weight is 330 g/mol. The maximum absolute atomic E-state index is 5.09. The molecule has 1 aliphatic carbocycles. The SMILES string of the molecule is c1cc(-c2ccc3c(n2)-c2cccc4cccc-3c24)c2ccncc2c1. The Kier molecular flexibility index (Phi) is 2.64. The molecule has 0 N–H and O–H groups in total. The second kappa shape index (κ2) is 4.99. The number of rotatable bonds is 1. The summed E-state index contributed by atoms with van der Waals surface area (Å²) in [6, 6.07) is 25.7. The van der Waals surface area contributed by atoms with Crippen molar-refractivity contribution in [2.24, 2.45) is 0 Å². The van der Waals surface area contributed by atoms with E-state index in [4.69, 9.17) is 4.98 Å². The van der Waals surface area contributed by atoms with Crippen LogP contribution in [-0.4, -0.2) is 9.97 Å². The normalized spacial score (nSPS) is 11.8. The molecule has 2 nitrogen and oxygen atoms in total. The lowest BCUT2D eigenvalue weighted by atomic mass is 10.0. The molecule has 0 bridgehead atoms. The number of fused-ring (bicyclic) bond motifs is 4. The van der Waals surface area contributed by atoms with Crippen LogP contribution >= 0.6 is 0 Å². The first-order chi connectivity index (χ1) is 12.9. The Morgan fingerprint density at radius 2 is 1.35 bits per heavy atom. The fraction of sp³-hybridized carbons (Fsp3) is 0. The van der Waals surface area contributed by atoms with E-state index in [2.05, 4.69) is 77.8 Å². The van der Waals surface area contributed by atoms with E-state index in [-0.39, 0.29) is 0 Å². The van der Waals surface area contributed by atoms with Crippen LogP contribution in [0, 0.1) is 0 Å². The van der Waals surface area contributed by atoms with Gasteiger partial charge < -0.3 is 0 Å². The molecule has 2 aromatic heterocycles. The molecular formula is C24H14N2. The zero-order valence-corrected chi connectivity index (χ0v) is 14.0. The molecule has 0 amide bonds. The van der Waals surface area contributed by atoms with Gasteiger partial charge in [-0.1, -0.05) is 54.6 Å². The minimum Gasteiger partial charge on any atom is -0.264 e. The highest BCUT2D eigenvalue weighted by atomic mass is 14.7. The molecule has 0 unspecified atom stereocenters. The number of hydrogen-bond donors (Lipinski definition) is 0. The van der Waals surface area contributed by atoms with E-state index >= 15 is 0 Å². The monoisotopic (exact) mass is 330 g/mol. The fourth-order valence-electron chi connectivity index (χ4n) is 4.14. The van der Waals surface area contributed by atoms with Crippen molar-refractivity contribution in [2.45, 2.75) is 0 Å². The van der Waals surface area contributed by atoms with Crippen LogP contribution in [0.2, 0.25) is 0 Å². The zero-order valence-electron chi connectivity index (χ0n) is 14.0. The second-order valence-corrected chi connectivity index (χ2v) is 6.70. The van der Waals surface area contributed by atoms with Gasteiger partial charge >= 0.3 is 0 Å². The number of pyridine rings is 2. The lowest BCUT2D eigenvalue weighted by Gasteiger charge is -2.08. The Morgan fingerprint density at radius 3 is 2.23 bits per heavy atom. The summed E-state index contributed by atoms with van der Waals surface area (Å²) in [5, 5.41) is 4.91. The van der Waals surface area contributed by atoms with Gasteiger partial charge in [0, 0.05) is 34.5 Å². The van der Waals surface area contributed by atoms with Crippen molar-refractivity contribution in [3.05, 3.63) is 85.2 Å². The standard InChI is InChI=1S/C24H14N2/c1-4-15-5-2-9-21-23(15)19(8-1)20-10-11-22(26-24(20)21)18-7-3-6-16-14-25-13-12-17(16)18/h1-14H. The van der Waals surface area contributed by atoms with E-state index in [1.54, 1.807) is 0 Å². The molecule has 2 heteroatoms. The van der Waals surface area contributed by atoms with Crippen molar-refractivity contribution < 1.29 is 0 Å². The van der Waals surface area contributed by atoms with Gasteiger partial charge in [-0.2, -0.15) is 0 Å². The Morgan fingerprint density at radius 1 is 0.577 bits per heavy atom. The van der Waals surface area contributed by atoms with Gasteiger partial charge in [-0.05, 0) is 39.9 Å². The molecule has 0 saturated carbocycles. The van der Waals surface area contributed by atoms with Crippen molar-refractivity contribution in [1.29, 1.82) is 0 Å². The molecule has 6 rings (SSSR count). The van der Waals surface area contributed by atoms with Crippen LogP contribution in [-0.2, 0) is 0 Å². The highest BCUT2D eigenvalue weighted by molar-refractivity contribution is 6.14. The van der Waals surface area contributed by atoms with Crippen molar-refractivity contribution in [3.8, 4) is 33.6 Å².